The van der Waals surface area contributed by atoms with Crippen molar-refractivity contribution in [2.75, 3.05) is 5.32 Å². The molecule has 0 saturated carbocycles. The van der Waals surface area contributed by atoms with E-state index in [9.17, 15) is 9.59 Å². The van der Waals surface area contributed by atoms with E-state index >= 15 is 0 Å². The maximum atomic E-state index is 13.2. The first-order valence-electron chi connectivity index (χ1n) is 9.83. The van der Waals surface area contributed by atoms with E-state index in [0.717, 1.165) is 16.8 Å². The van der Waals surface area contributed by atoms with Crippen LogP contribution in [-0.2, 0) is 13.1 Å². The predicted octanol–water partition coefficient (Wildman–Crippen LogP) is 5.12. The van der Waals surface area contributed by atoms with Crippen molar-refractivity contribution in [3.8, 4) is 0 Å². The van der Waals surface area contributed by atoms with Crippen LogP contribution in [0.1, 0.15) is 17.0 Å². The van der Waals surface area contributed by atoms with Gasteiger partial charge in [0.25, 0.3) is 5.56 Å². The van der Waals surface area contributed by atoms with Gasteiger partial charge in [0.15, 0.2) is 0 Å². The minimum atomic E-state index is -0.292. The standard InChI is InChI=1S/C24H21ClN4O2/c1-16-6-2-4-8-20(16)27-24(31)29(14-17-10-12-18(25)13-11-17)15-22-26-21-9-5-3-7-19(21)23(30)28-22/h2-13H,14-15H2,1H3,(H,27,31)(H,26,28,30). The first-order valence-corrected chi connectivity index (χ1v) is 10.2. The molecule has 156 valence electrons. The van der Waals surface area contributed by atoms with Gasteiger partial charge in [-0.1, -0.05) is 54.1 Å². The van der Waals surface area contributed by atoms with E-state index in [1.165, 1.54) is 0 Å². The molecular formula is C24H21ClN4O2. The van der Waals surface area contributed by atoms with E-state index < -0.39 is 0 Å². The number of aryl methyl sites for hydroxylation is 1. The average molecular weight is 433 g/mol. The van der Waals surface area contributed by atoms with Crippen LogP contribution in [0.2, 0.25) is 5.02 Å². The summed E-state index contributed by atoms with van der Waals surface area (Å²) in [6.45, 7) is 2.40. The number of aromatic amines is 1. The fourth-order valence-corrected chi connectivity index (χ4v) is 3.43. The number of anilines is 1. The van der Waals surface area contributed by atoms with Crippen molar-refractivity contribution >= 4 is 34.2 Å². The van der Waals surface area contributed by atoms with Crippen LogP contribution in [0, 0.1) is 6.92 Å². The summed E-state index contributed by atoms with van der Waals surface area (Å²) in [5, 5.41) is 4.09. The van der Waals surface area contributed by atoms with E-state index in [1.807, 2.05) is 49.4 Å². The number of rotatable bonds is 5. The van der Waals surface area contributed by atoms with Crippen LogP contribution in [-0.4, -0.2) is 20.9 Å². The Bertz CT molecular complexity index is 1280. The number of carbonyl (C=O) groups excluding carboxylic acids is 1. The summed E-state index contributed by atoms with van der Waals surface area (Å²) < 4.78 is 0. The van der Waals surface area contributed by atoms with Crippen molar-refractivity contribution < 1.29 is 4.79 Å². The van der Waals surface area contributed by atoms with Gasteiger partial charge in [-0.25, -0.2) is 9.78 Å². The third kappa shape index (κ3) is 4.92. The van der Waals surface area contributed by atoms with Crippen LogP contribution in [0.15, 0.2) is 77.6 Å². The zero-order valence-electron chi connectivity index (χ0n) is 16.9. The van der Waals surface area contributed by atoms with Crippen LogP contribution < -0.4 is 10.9 Å². The number of nitrogens with one attached hydrogen (secondary N) is 2. The number of aromatic nitrogens is 2. The number of nitrogens with zero attached hydrogens (tertiary/aromatic N) is 2. The Morgan fingerprint density at radius 1 is 1.00 bits per heavy atom. The SMILES string of the molecule is Cc1ccccc1NC(=O)N(Cc1ccc(Cl)cc1)Cc1nc2ccccc2c(=O)[nH]1. The Labute approximate surface area is 184 Å². The molecule has 0 unspecified atom stereocenters. The highest BCUT2D eigenvalue weighted by Crippen LogP contribution is 2.17. The predicted molar refractivity (Wildman–Crippen MR) is 123 cm³/mol. The van der Waals surface area contributed by atoms with Crippen molar-refractivity contribution in [1.82, 2.24) is 14.9 Å². The number of urea groups is 1. The van der Waals surface area contributed by atoms with E-state index in [-0.39, 0.29) is 18.1 Å². The molecule has 7 heteroatoms. The molecule has 4 aromatic rings. The minimum absolute atomic E-state index is 0.139. The summed E-state index contributed by atoms with van der Waals surface area (Å²) in [6, 6.07) is 21.7. The third-order valence-corrected chi connectivity index (χ3v) is 5.22. The number of hydrogen-bond donors (Lipinski definition) is 2. The third-order valence-electron chi connectivity index (χ3n) is 4.96. The minimum Gasteiger partial charge on any atom is -0.313 e. The molecule has 2 N–H and O–H groups in total. The normalized spacial score (nSPS) is 10.8. The monoisotopic (exact) mass is 432 g/mol. The van der Waals surface area contributed by atoms with Gasteiger partial charge in [0.2, 0.25) is 0 Å². The number of carbonyl (C=O) groups is 1. The Morgan fingerprint density at radius 3 is 2.48 bits per heavy atom. The molecule has 0 fully saturated rings. The van der Waals surface area contributed by atoms with E-state index in [2.05, 4.69) is 15.3 Å². The number of amides is 2. The van der Waals surface area contributed by atoms with Crippen molar-refractivity contribution in [2.24, 2.45) is 0 Å². The van der Waals surface area contributed by atoms with Gasteiger partial charge in [-0.3, -0.25) is 4.79 Å². The summed E-state index contributed by atoms with van der Waals surface area (Å²) in [7, 11) is 0. The van der Waals surface area contributed by atoms with Gasteiger partial charge in [-0.2, -0.15) is 0 Å². The van der Waals surface area contributed by atoms with Crippen LogP contribution in [0.25, 0.3) is 10.9 Å². The fraction of sp³-hybridized carbons (Fsp3) is 0.125. The second-order valence-corrected chi connectivity index (χ2v) is 7.69. The van der Waals surface area contributed by atoms with Crippen LogP contribution in [0.3, 0.4) is 0 Å². The van der Waals surface area contributed by atoms with Gasteiger partial charge in [0.1, 0.15) is 5.82 Å². The largest absolute Gasteiger partial charge is 0.322 e. The van der Waals surface area contributed by atoms with Crippen molar-refractivity contribution in [1.29, 1.82) is 0 Å². The lowest BCUT2D eigenvalue weighted by Gasteiger charge is -2.23. The quantitative estimate of drug-likeness (QED) is 0.459. The summed E-state index contributed by atoms with van der Waals surface area (Å²) in [5.41, 5.74) is 2.96. The van der Waals surface area contributed by atoms with Gasteiger partial charge in [-0.05, 0) is 48.4 Å². The molecule has 0 bridgehead atoms. The lowest BCUT2D eigenvalue weighted by atomic mass is 10.2. The fourth-order valence-electron chi connectivity index (χ4n) is 3.31. The second kappa shape index (κ2) is 9.02. The molecule has 0 aliphatic carbocycles. The van der Waals surface area contributed by atoms with Gasteiger partial charge >= 0.3 is 6.03 Å². The number of halogens is 1. The molecule has 1 aromatic heterocycles. The first kappa shape index (κ1) is 20.6. The molecule has 0 aliphatic heterocycles. The van der Waals surface area contributed by atoms with E-state index in [4.69, 9.17) is 11.6 Å². The molecule has 0 atom stereocenters. The van der Waals surface area contributed by atoms with Crippen molar-refractivity contribution in [3.05, 3.63) is 105 Å². The van der Waals surface area contributed by atoms with Gasteiger partial charge in [-0.15, -0.1) is 0 Å². The summed E-state index contributed by atoms with van der Waals surface area (Å²) in [6.07, 6.45) is 0. The summed E-state index contributed by atoms with van der Waals surface area (Å²) in [5.74, 6) is 0.414. The Balaban J connectivity index is 1.64. The molecule has 31 heavy (non-hydrogen) atoms. The molecule has 1 heterocycles. The molecule has 4 rings (SSSR count). The van der Waals surface area contributed by atoms with Gasteiger partial charge in [0.05, 0.1) is 17.4 Å². The van der Waals surface area contributed by atoms with Gasteiger partial charge in [0, 0.05) is 17.3 Å². The molecule has 3 aromatic carbocycles. The Morgan fingerprint density at radius 2 is 1.71 bits per heavy atom. The summed E-state index contributed by atoms with van der Waals surface area (Å²) >= 11 is 6.00. The number of fused-ring (bicyclic) bond motifs is 1. The van der Waals surface area contributed by atoms with E-state index in [1.54, 1.807) is 35.2 Å². The second-order valence-electron chi connectivity index (χ2n) is 7.26. The highest BCUT2D eigenvalue weighted by molar-refractivity contribution is 6.30. The Hall–Kier alpha value is -3.64. The lowest BCUT2D eigenvalue weighted by molar-refractivity contribution is 0.205. The Kier molecular flexibility index (Phi) is 6.00. The van der Waals surface area contributed by atoms with E-state index in [0.29, 0.717) is 28.3 Å². The number of hydrogen-bond acceptors (Lipinski definition) is 3. The smallest absolute Gasteiger partial charge is 0.313 e. The molecule has 2 amide bonds. The maximum absolute atomic E-state index is 13.2. The molecule has 0 aliphatic rings. The number of benzene rings is 3. The van der Waals surface area contributed by atoms with Crippen LogP contribution in [0.5, 0.6) is 0 Å². The highest BCUT2D eigenvalue weighted by Gasteiger charge is 2.17. The molecule has 0 radical (unpaired) electrons. The topological polar surface area (TPSA) is 78.1 Å². The maximum Gasteiger partial charge on any atom is 0.322 e. The summed E-state index contributed by atoms with van der Waals surface area (Å²) in [4.78, 5) is 34.5. The van der Waals surface area contributed by atoms with Crippen LogP contribution in [0.4, 0.5) is 10.5 Å². The van der Waals surface area contributed by atoms with Crippen LogP contribution >= 0.6 is 11.6 Å². The lowest BCUT2D eigenvalue weighted by Crippen LogP contribution is -2.35. The average Bonchev–Trinajstić information content (AvgIpc) is 2.76. The highest BCUT2D eigenvalue weighted by atomic mass is 35.5. The zero-order valence-corrected chi connectivity index (χ0v) is 17.7. The molecular weight excluding hydrogens is 412 g/mol. The molecule has 6 nitrogen and oxygen atoms in total. The molecule has 0 saturated heterocycles. The molecule has 0 spiro atoms. The zero-order chi connectivity index (χ0) is 21.8. The van der Waals surface area contributed by atoms with Crippen molar-refractivity contribution in [3.63, 3.8) is 0 Å². The number of para-hydroxylation sites is 2. The van der Waals surface area contributed by atoms with Crippen molar-refractivity contribution in [2.45, 2.75) is 20.0 Å². The van der Waals surface area contributed by atoms with Gasteiger partial charge < -0.3 is 15.2 Å². The first-order chi connectivity index (χ1) is 15.0. The number of H-pyrrole nitrogens is 1.